The van der Waals surface area contributed by atoms with E-state index in [0.29, 0.717) is 6.04 Å². The molecule has 1 aliphatic rings. The van der Waals surface area contributed by atoms with E-state index in [-0.39, 0.29) is 5.91 Å². The minimum atomic E-state index is 0.202. The van der Waals surface area contributed by atoms with Crippen molar-refractivity contribution in [3.05, 3.63) is 0 Å². The number of carbonyl (C=O) groups is 1. The van der Waals surface area contributed by atoms with Crippen LogP contribution in [0, 0.1) is 0 Å². The maximum atomic E-state index is 11.1. The van der Waals surface area contributed by atoms with Gasteiger partial charge in [0.05, 0.1) is 6.61 Å². The van der Waals surface area contributed by atoms with Gasteiger partial charge < -0.3 is 14.5 Å². The predicted octanol–water partition coefficient (Wildman–Crippen LogP) is 0.575. The molecule has 0 bridgehead atoms. The van der Waals surface area contributed by atoms with Gasteiger partial charge in [0.1, 0.15) is 0 Å². The van der Waals surface area contributed by atoms with Crippen molar-refractivity contribution in [1.29, 1.82) is 0 Å². The Bertz CT molecular complexity index is 201. The fourth-order valence-corrected chi connectivity index (χ4v) is 2.04. The lowest BCUT2D eigenvalue weighted by Gasteiger charge is -2.36. The SMILES string of the molecule is COCCN(C)C1CCN(C(C)=O)CC1. The number of likely N-dealkylation sites (tertiary alicyclic amines) is 1. The van der Waals surface area contributed by atoms with Gasteiger partial charge in [0, 0.05) is 39.7 Å². The molecule has 15 heavy (non-hydrogen) atoms. The molecule has 4 nitrogen and oxygen atoms in total. The first-order valence-electron chi connectivity index (χ1n) is 5.60. The Morgan fingerprint density at radius 1 is 1.47 bits per heavy atom. The molecular formula is C11H22N2O2. The van der Waals surface area contributed by atoms with Crippen LogP contribution in [0.1, 0.15) is 19.8 Å². The highest BCUT2D eigenvalue weighted by Gasteiger charge is 2.23. The molecule has 4 heteroatoms. The number of carbonyl (C=O) groups excluding carboxylic acids is 1. The van der Waals surface area contributed by atoms with Crippen molar-refractivity contribution in [3.63, 3.8) is 0 Å². The molecule has 0 aromatic carbocycles. The van der Waals surface area contributed by atoms with Crippen LogP contribution in [0.25, 0.3) is 0 Å². The summed E-state index contributed by atoms with van der Waals surface area (Å²) >= 11 is 0. The van der Waals surface area contributed by atoms with Crippen molar-refractivity contribution in [2.45, 2.75) is 25.8 Å². The smallest absolute Gasteiger partial charge is 0.219 e. The highest BCUT2D eigenvalue weighted by Crippen LogP contribution is 2.14. The van der Waals surface area contributed by atoms with Gasteiger partial charge in [-0.3, -0.25) is 4.79 Å². The molecule has 0 spiro atoms. The van der Waals surface area contributed by atoms with E-state index in [9.17, 15) is 4.79 Å². The second-order valence-corrected chi connectivity index (χ2v) is 4.21. The fourth-order valence-electron chi connectivity index (χ4n) is 2.04. The quantitative estimate of drug-likeness (QED) is 0.686. The van der Waals surface area contributed by atoms with Crippen molar-refractivity contribution < 1.29 is 9.53 Å². The molecule has 0 aliphatic carbocycles. The summed E-state index contributed by atoms with van der Waals surface area (Å²) in [6.07, 6.45) is 2.17. The monoisotopic (exact) mass is 214 g/mol. The number of hydrogen-bond acceptors (Lipinski definition) is 3. The number of hydrogen-bond donors (Lipinski definition) is 0. The van der Waals surface area contributed by atoms with E-state index >= 15 is 0 Å². The van der Waals surface area contributed by atoms with Crippen LogP contribution in [0.2, 0.25) is 0 Å². The van der Waals surface area contributed by atoms with Gasteiger partial charge in [0.2, 0.25) is 5.91 Å². The van der Waals surface area contributed by atoms with Gasteiger partial charge in [-0.2, -0.15) is 0 Å². The molecule has 1 rings (SSSR count). The number of methoxy groups -OCH3 is 1. The number of likely N-dealkylation sites (N-methyl/N-ethyl adjacent to an activating group) is 1. The second kappa shape index (κ2) is 6.08. The first kappa shape index (κ1) is 12.5. The summed E-state index contributed by atoms with van der Waals surface area (Å²) in [5, 5.41) is 0. The zero-order valence-electron chi connectivity index (χ0n) is 10.0. The zero-order valence-corrected chi connectivity index (χ0v) is 10.0. The lowest BCUT2D eigenvalue weighted by atomic mass is 10.0. The van der Waals surface area contributed by atoms with E-state index in [4.69, 9.17) is 4.74 Å². The number of ether oxygens (including phenoxy) is 1. The Labute approximate surface area is 92.2 Å². The normalized spacial score (nSPS) is 18.5. The van der Waals surface area contributed by atoms with Gasteiger partial charge in [-0.15, -0.1) is 0 Å². The molecule has 88 valence electrons. The number of amides is 1. The van der Waals surface area contributed by atoms with E-state index in [1.165, 1.54) is 0 Å². The molecule has 1 saturated heterocycles. The summed E-state index contributed by atoms with van der Waals surface area (Å²) in [7, 11) is 3.86. The molecule has 1 heterocycles. The van der Waals surface area contributed by atoms with Gasteiger partial charge in [-0.05, 0) is 19.9 Å². The number of rotatable bonds is 4. The van der Waals surface area contributed by atoms with Crippen LogP contribution in [0.4, 0.5) is 0 Å². The van der Waals surface area contributed by atoms with Gasteiger partial charge in [0.15, 0.2) is 0 Å². The van der Waals surface area contributed by atoms with Crippen LogP contribution in [0.15, 0.2) is 0 Å². The summed E-state index contributed by atoms with van der Waals surface area (Å²) in [5.41, 5.74) is 0. The summed E-state index contributed by atoms with van der Waals surface area (Å²) in [6.45, 7) is 5.20. The standard InChI is InChI=1S/C11H22N2O2/c1-10(14)13-6-4-11(5-7-13)12(2)8-9-15-3/h11H,4-9H2,1-3H3. The largest absolute Gasteiger partial charge is 0.383 e. The van der Waals surface area contributed by atoms with Crippen LogP contribution in [0.3, 0.4) is 0 Å². The molecule has 0 aromatic heterocycles. The lowest BCUT2D eigenvalue weighted by Crippen LogP contribution is -2.45. The molecule has 1 aliphatic heterocycles. The summed E-state index contributed by atoms with van der Waals surface area (Å²) in [5.74, 6) is 0.202. The van der Waals surface area contributed by atoms with Crippen molar-refractivity contribution in [2.75, 3.05) is 40.4 Å². The summed E-state index contributed by atoms with van der Waals surface area (Å²) in [4.78, 5) is 15.4. The maximum absolute atomic E-state index is 11.1. The topological polar surface area (TPSA) is 32.8 Å². The minimum Gasteiger partial charge on any atom is -0.383 e. The Balaban J connectivity index is 2.27. The third kappa shape index (κ3) is 3.80. The van der Waals surface area contributed by atoms with Crippen LogP contribution in [0.5, 0.6) is 0 Å². The van der Waals surface area contributed by atoms with Crippen molar-refractivity contribution in [2.24, 2.45) is 0 Å². The molecule has 0 unspecified atom stereocenters. The fraction of sp³-hybridized carbons (Fsp3) is 0.909. The average molecular weight is 214 g/mol. The third-order valence-corrected chi connectivity index (χ3v) is 3.18. The number of nitrogens with zero attached hydrogens (tertiary/aromatic N) is 2. The van der Waals surface area contributed by atoms with E-state index in [1.54, 1.807) is 14.0 Å². The third-order valence-electron chi connectivity index (χ3n) is 3.18. The average Bonchev–Trinajstić information content (AvgIpc) is 2.26. The van der Waals surface area contributed by atoms with E-state index in [0.717, 1.165) is 39.1 Å². The van der Waals surface area contributed by atoms with Crippen LogP contribution >= 0.6 is 0 Å². The first-order valence-corrected chi connectivity index (χ1v) is 5.60. The minimum absolute atomic E-state index is 0.202. The van der Waals surface area contributed by atoms with Crippen LogP contribution < -0.4 is 0 Å². The molecule has 0 atom stereocenters. The Morgan fingerprint density at radius 3 is 2.53 bits per heavy atom. The first-order chi connectivity index (χ1) is 7.15. The second-order valence-electron chi connectivity index (χ2n) is 4.21. The molecule has 1 amide bonds. The molecule has 0 aromatic rings. The Hall–Kier alpha value is -0.610. The molecule has 0 radical (unpaired) electrons. The summed E-state index contributed by atoms with van der Waals surface area (Å²) < 4.78 is 5.06. The Kier molecular flexibility index (Phi) is 5.05. The van der Waals surface area contributed by atoms with Crippen molar-refractivity contribution >= 4 is 5.91 Å². The van der Waals surface area contributed by atoms with Gasteiger partial charge >= 0.3 is 0 Å². The van der Waals surface area contributed by atoms with Crippen molar-refractivity contribution in [1.82, 2.24) is 9.80 Å². The molecule has 0 N–H and O–H groups in total. The van der Waals surface area contributed by atoms with E-state index in [2.05, 4.69) is 11.9 Å². The summed E-state index contributed by atoms with van der Waals surface area (Å²) in [6, 6.07) is 0.607. The predicted molar refractivity (Wildman–Crippen MR) is 59.8 cm³/mol. The highest BCUT2D eigenvalue weighted by molar-refractivity contribution is 5.73. The Morgan fingerprint density at radius 2 is 2.07 bits per heavy atom. The molecule has 1 fully saturated rings. The maximum Gasteiger partial charge on any atom is 0.219 e. The highest BCUT2D eigenvalue weighted by atomic mass is 16.5. The van der Waals surface area contributed by atoms with Gasteiger partial charge in [-0.1, -0.05) is 0 Å². The zero-order chi connectivity index (χ0) is 11.3. The van der Waals surface area contributed by atoms with E-state index in [1.807, 2.05) is 4.90 Å². The van der Waals surface area contributed by atoms with Crippen molar-refractivity contribution in [3.8, 4) is 0 Å². The number of piperidine rings is 1. The molecule has 0 saturated carbocycles. The van der Waals surface area contributed by atoms with Crippen LogP contribution in [-0.2, 0) is 9.53 Å². The molecular weight excluding hydrogens is 192 g/mol. The van der Waals surface area contributed by atoms with Crippen LogP contribution in [-0.4, -0.2) is 62.1 Å². The van der Waals surface area contributed by atoms with Gasteiger partial charge in [0.25, 0.3) is 0 Å². The lowest BCUT2D eigenvalue weighted by molar-refractivity contribution is -0.130. The van der Waals surface area contributed by atoms with E-state index < -0.39 is 0 Å². The van der Waals surface area contributed by atoms with Gasteiger partial charge in [-0.25, -0.2) is 0 Å².